The van der Waals surface area contributed by atoms with E-state index in [9.17, 15) is 0 Å². The van der Waals surface area contributed by atoms with Gasteiger partial charge in [-0.05, 0) is 0 Å². The molecular weight excluding hydrogens is 244 g/mol. The largest absolute Gasteiger partial charge is 0.394 e. The molecule has 3 nitrogen and oxygen atoms in total. The molecule has 0 spiro atoms. The molecule has 8 heavy (non-hydrogen) atoms. The van der Waals surface area contributed by atoms with E-state index in [0.717, 1.165) is 0 Å². The number of hydrogen-bond donors (Lipinski definition) is 3. The number of halogens is 2. The normalized spacial score (nSPS) is 7.50. The quantitative estimate of drug-likeness (QED) is 0.621. The second kappa shape index (κ2) is 10.8. The van der Waals surface area contributed by atoms with Crippen molar-refractivity contribution in [3.8, 4) is 0 Å². The summed E-state index contributed by atoms with van der Waals surface area (Å²) in [7, 11) is 0. The van der Waals surface area contributed by atoms with Crippen LogP contribution in [0.2, 0.25) is 0 Å². The number of aliphatic hydroxyl groups excluding tert-OH is 3. The molecule has 0 aromatic heterocycles. The van der Waals surface area contributed by atoms with Gasteiger partial charge < -0.3 is 15.3 Å². The summed E-state index contributed by atoms with van der Waals surface area (Å²) < 4.78 is 0. The van der Waals surface area contributed by atoms with Crippen LogP contribution in [0.5, 0.6) is 0 Å². The molecule has 0 unspecified atom stereocenters. The average molecular weight is 254 g/mol. The Labute approximate surface area is 68.9 Å². The second-order valence-corrected chi connectivity index (χ2v) is 1.02. The van der Waals surface area contributed by atoms with E-state index in [1.807, 2.05) is 0 Å². The molecule has 0 aliphatic heterocycles. The van der Waals surface area contributed by atoms with Crippen LogP contribution in [0, 0.1) is 0 Å². The van der Waals surface area contributed by atoms with E-state index in [0.29, 0.717) is 0 Å². The van der Waals surface area contributed by atoms with Gasteiger partial charge >= 0.3 is 0 Å². The summed E-state index contributed by atoms with van der Waals surface area (Å²) in [5.41, 5.74) is 0. The van der Waals surface area contributed by atoms with E-state index in [-0.39, 0.29) is 47.2 Å². The molecule has 0 heterocycles. The van der Waals surface area contributed by atoms with Crippen molar-refractivity contribution < 1.29 is 15.3 Å². The second-order valence-electron chi connectivity index (χ2n) is 1.02. The Morgan fingerprint density at radius 3 is 1.25 bits per heavy atom. The molecule has 0 saturated heterocycles. The molecule has 0 rings (SSSR count). The lowest BCUT2D eigenvalue weighted by atomic mass is 10.4. The van der Waals surface area contributed by atoms with Crippen LogP contribution < -0.4 is 0 Å². The standard InChI is InChI=1S/C3H8O3.2BrH/c4-1-3(6)2-5;;/h3-6H,1-2H2;2*1H. The van der Waals surface area contributed by atoms with E-state index in [1.54, 1.807) is 0 Å². The Bertz CT molecular complexity index is 31.7. The first kappa shape index (κ1) is 15.9. The molecule has 0 saturated carbocycles. The highest BCUT2D eigenvalue weighted by Crippen LogP contribution is 1.71. The zero-order chi connectivity index (χ0) is 4.99. The minimum atomic E-state index is -0.954. The maximum atomic E-state index is 8.17. The zero-order valence-corrected chi connectivity index (χ0v) is 7.58. The molecule has 54 valence electrons. The fourth-order valence-electron chi connectivity index (χ4n) is 0.0577. The van der Waals surface area contributed by atoms with Crippen molar-refractivity contribution in [3.05, 3.63) is 0 Å². The van der Waals surface area contributed by atoms with Gasteiger partial charge in [-0.1, -0.05) is 0 Å². The van der Waals surface area contributed by atoms with E-state index < -0.39 is 6.10 Å². The van der Waals surface area contributed by atoms with Crippen molar-refractivity contribution in [2.75, 3.05) is 13.2 Å². The molecule has 0 fully saturated rings. The highest BCUT2D eigenvalue weighted by molar-refractivity contribution is 8.93. The predicted molar refractivity (Wildman–Crippen MR) is 40.8 cm³/mol. The highest BCUT2D eigenvalue weighted by Gasteiger charge is 1.93. The van der Waals surface area contributed by atoms with Crippen LogP contribution in [0.4, 0.5) is 0 Å². The molecule has 0 radical (unpaired) electrons. The third kappa shape index (κ3) is 9.96. The maximum absolute atomic E-state index is 8.17. The lowest BCUT2D eigenvalue weighted by Crippen LogP contribution is -2.15. The van der Waals surface area contributed by atoms with E-state index in [2.05, 4.69) is 0 Å². The Balaban J connectivity index is -0.000000125. The van der Waals surface area contributed by atoms with Gasteiger partial charge in [-0.2, -0.15) is 0 Å². The van der Waals surface area contributed by atoms with Crippen molar-refractivity contribution in [2.45, 2.75) is 6.10 Å². The maximum Gasteiger partial charge on any atom is 0.100 e. The predicted octanol–water partition coefficient (Wildman–Crippen LogP) is -0.512. The Morgan fingerprint density at radius 2 is 1.25 bits per heavy atom. The number of rotatable bonds is 2. The summed E-state index contributed by atoms with van der Waals surface area (Å²) in [6.07, 6.45) is -0.954. The molecule has 0 bridgehead atoms. The summed E-state index contributed by atoms with van der Waals surface area (Å²) in [6.45, 7) is -0.729. The summed E-state index contributed by atoms with van der Waals surface area (Å²) >= 11 is 0. The summed E-state index contributed by atoms with van der Waals surface area (Å²) in [5.74, 6) is 0. The van der Waals surface area contributed by atoms with Gasteiger partial charge in [-0.25, -0.2) is 0 Å². The fourth-order valence-corrected chi connectivity index (χ4v) is 0.0577. The van der Waals surface area contributed by atoms with Crippen LogP contribution in [0.1, 0.15) is 0 Å². The van der Waals surface area contributed by atoms with Crippen LogP contribution in [0.3, 0.4) is 0 Å². The summed E-state index contributed by atoms with van der Waals surface area (Å²) in [5, 5.41) is 24.0. The summed E-state index contributed by atoms with van der Waals surface area (Å²) in [6, 6.07) is 0. The lowest BCUT2D eigenvalue weighted by molar-refractivity contribution is 0.0450. The molecule has 3 N–H and O–H groups in total. The number of hydrogen-bond acceptors (Lipinski definition) is 3. The van der Waals surface area contributed by atoms with Crippen LogP contribution in [-0.4, -0.2) is 34.6 Å². The fraction of sp³-hybridized carbons (Fsp3) is 1.00. The summed E-state index contributed by atoms with van der Waals surface area (Å²) in [4.78, 5) is 0. The van der Waals surface area contributed by atoms with E-state index in [1.165, 1.54) is 0 Å². The van der Waals surface area contributed by atoms with Gasteiger partial charge in [0.2, 0.25) is 0 Å². The molecule has 0 aliphatic carbocycles. The number of aliphatic hydroxyl groups is 3. The minimum Gasteiger partial charge on any atom is -0.394 e. The van der Waals surface area contributed by atoms with Gasteiger partial charge in [0.1, 0.15) is 6.10 Å². The Hall–Kier alpha value is 0.840. The van der Waals surface area contributed by atoms with Gasteiger partial charge in [0.25, 0.3) is 0 Å². The first-order valence-corrected chi connectivity index (χ1v) is 1.71. The molecule has 0 atom stereocenters. The third-order valence-corrected chi connectivity index (χ3v) is 0.421. The lowest BCUT2D eigenvalue weighted by Gasteiger charge is -1.96. The molecular formula is C3H10Br2O3. The Morgan fingerprint density at radius 1 is 1.00 bits per heavy atom. The first-order valence-electron chi connectivity index (χ1n) is 1.71. The smallest absolute Gasteiger partial charge is 0.100 e. The van der Waals surface area contributed by atoms with Crippen LogP contribution >= 0.6 is 34.0 Å². The topological polar surface area (TPSA) is 60.7 Å². The van der Waals surface area contributed by atoms with Gasteiger partial charge in [-0.15, -0.1) is 34.0 Å². The van der Waals surface area contributed by atoms with E-state index in [4.69, 9.17) is 15.3 Å². The van der Waals surface area contributed by atoms with Gasteiger partial charge in [0, 0.05) is 0 Å². The van der Waals surface area contributed by atoms with Crippen molar-refractivity contribution in [2.24, 2.45) is 0 Å². The molecule has 0 aromatic carbocycles. The minimum absolute atomic E-state index is 0. The molecule has 5 heteroatoms. The SMILES string of the molecule is Br.Br.OCC(O)CO. The molecule has 0 aliphatic rings. The van der Waals surface area contributed by atoms with Crippen molar-refractivity contribution >= 4 is 34.0 Å². The van der Waals surface area contributed by atoms with E-state index >= 15 is 0 Å². The molecule has 0 aromatic rings. The van der Waals surface area contributed by atoms with Gasteiger partial charge in [0.05, 0.1) is 13.2 Å². The van der Waals surface area contributed by atoms with Crippen molar-refractivity contribution in [1.82, 2.24) is 0 Å². The van der Waals surface area contributed by atoms with Crippen molar-refractivity contribution in [3.63, 3.8) is 0 Å². The van der Waals surface area contributed by atoms with Crippen LogP contribution in [0.25, 0.3) is 0 Å². The molecule has 0 amide bonds. The highest BCUT2D eigenvalue weighted by atomic mass is 79.9. The van der Waals surface area contributed by atoms with Crippen molar-refractivity contribution in [1.29, 1.82) is 0 Å². The van der Waals surface area contributed by atoms with Crippen LogP contribution in [0.15, 0.2) is 0 Å². The Kier molecular flexibility index (Phi) is 21.4. The average Bonchev–Trinajstić information content (AvgIpc) is 1.65. The monoisotopic (exact) mass is 252 g/mol. The van der Waals surface area contributed by atoms with Crippen LogP contribution in [-0.2, 0) is 0 Å². The van der Waals surface area contributed by atoms with Gasteiger partial charge in [-0.3, -0.25) is 0 Å². The third-order valence-electron chi connectivity index (χ3n) is 0.421. The zero-order valence-electron chi connectivity index (χ0n) is 4.15. The first-order chi connectivity index (χ1) is 2.81. The van der Waals surface area contributed by atoms with Gasteiger partial charge in [0.15, 0.2) is 0 Å².